The zero-order valence-electron chi connectivity index (χ0n) is 23.3. The van der Waals surface area contributed by atoms with Crippen LogP contribution in [0.4, 0.5) is 5.95 Å². The maximum atomic E-state index is 14.0. The first-order valence-electron chi connectivity index (χ1n) is 13.7. The second-order valence-electron chi connectivity index (χ2n) is 11.3. The Hall–Kier alpha value is -3.50. The fourth-order valence-corrected chi connectivity index (χ4v) is 6.70. The van der Waals surface area contributed by atoms with E-state index in [0.29, 0.717) is 25.0 Å². The van der Waals surface area contributed by atoms with E-state index in [0.717, 1.165) is 16.7 Å². The number of ether oxygens (including phenoxy) is 1. The van der Waals surface area contributed by atoms with Gasteiger partial charge in [-0.25, -0.2) is 18.1 Å². The summed E-state index contributed by atoms with van der Waals surface area (Å²) in [6.45, 7) is 8.40. The van der Waals surface area contributed by atoms with Crippen molar-refractivity contribution in [1.82, 2.24) is 14.9 Å². The molecule has 0 saturated heterocycles. The maximum absolute atomic E-state index is 14.0. The summed E-state index contributed by atoms with van der Waals surface area (Å²) in [4.78, 5) is 24.8. The quantitative estimate of drug-likeness (QED) is 0.465. The molecule has 2 aliphatic rings. The molecule has 10 heteroatoms. The van der Waals surface area contributed by atoms with Crippen molar-refractivity contribution in [2.24, 2.45) is 11.8 Å². The van der Waals surface area contributed by atoms with Gasteiger partial charge < -0.3 is 14.7 Å². The summed E-state index contributed by atoms with van der Waals surface area (Å²) >= 11 is 0. The van der Waals surface area contributed by atoms with Crippen LogP contribution in [-0.4, -0.2) is 59.6 Å². The highest BCUT2D eigenvalue weighted by atomic mass is 32.2. The predicted octanol–water partition coefficient (Wildman–Crippen LogP) is 4.58. The zero-order valence-corrected chi connectivity index (χ0v) is 24.1. The Kier molecular flexibility index (Phi) is 7.83. The average Bonchev–Trinajstić information content (AvgIpc) is 2.87. The minimum atomic E-state index is -4.11. The van der Waals surface area contributed by atoms with Crippen molar-refractivity contribution in [3.05, 3.63) is 65.2 Å². The number of aliphatic hydroxyl groups excluding tert-OH is 1. The second kappa shape index (κ2) is 11.2. The lowest BCUT2D eigenvalue weighted by Crippen LogP contribution is -2.55. The van der Waals surface area contributed by atoms with Gasteiger partial charge in [0.1, 0.15) is 6.61 Å². The van der Waals surface area contributed by atoms with E-state index in [1.807, 2.05) is 36.9 Å². The third kappa shape index (κ3) is 5.69. The molecule has 3 aromatic rings. The highest BCUT2D eigenvalue weighted by molar-refractivity contribution is 7.92. The van der Waals surface area contributed by atoms with Crippen LogP contribution in [0.15, 0.2) is 53.4 Å². The molecular formula is C30H36N4O5S. The molecule has 5 rings (SSSR count). The van der Waals surface area contributed by atoms with Crippen molar-refractivity contribution >= 4 is 21.9 Å². The van der Waals surface area contributed by atoms with Crippen LogP contribution in [0, 0.1) is 25.7 Å². The lowest BCUT2D eigenvalue weighted by molar-refractivity contribution is 0.00367. The van der Waals surface area contributed by atoms with E-state index in [1.165, 1.54) is 12.1 Å². The van der Waals surface area contributed by atoms with E-state index in [4.69, 9.17) is 4.74 Å². The Morgan fingerprint density at radius 1 is 1.07 bits per heavy atom. The van der Waals surface area contributed by atoms with Gasteiger partial charge in [-0.05, 0) is 74.3 Å². The molecule has 0 spiro atoms. The number of aliphatic hydroxyl groups is 1. The van der Waals surface area contributed by atoms with Crippen LogP contribution in [-0.2, 0) is 10.0 Å². The molecule has 40 heavy (non-hydrogen) atoms. The van der Waals surface area contributed by atoms with Crippen molar-refractivity contribution in [1.29, 1.82) is 0 Å². The number of benzene rings is 2. The van der Waals surface area contributed by atoms with E-state index >= 15 is 0 Å². The largest absolute Gasteiger partial charge is 0.475 e. The van der Waals surface area contributed by atoms with E-state index in [9.17, 15) is 18.3 Å². The molecule has 2 heterocycles. The topological polar surface area (TPSA) is 122 Å². The molecule has 2 aromatic carbocycles. The number of anilines is 1. The third-order valence-electron chi connectivity index (χ3n) is 7.71. The molecule has 1 aliphatic heterocycles. The lowest BCUT2D eigenvalue weighted by Gasteiger charge is -2.46. The van der Waals surface area contributed by atoms with Crippen LogP contribution in [0.3, 0.4) is 0 Å². The van der Waals surface area contributed by atoms with Crippen LogP contribution >= 0.6 is 0 Å². The second-order valence-corrected chi connectivity index (χ2v) is 13.0. The van der Waals surface area contributed by atoms with Crippen LogP contribution < -0.4 is 9.46 Å². The summed E-state index contributed by atoms with van der Waals surface area (Å²) in [6, 6.07) is 13.3. The van der Waals surface area contributed by atoms with Gasteiger partial charge in [0, 0.05) is 29.8 Å². The molecule has 1 aliphatic carbocycles. The van der Waals surface area contributed by atoms with Crippen molar-refractivity contribution < 1.29 is 23.1 Å². The van der Waals surface area contributed by atoms with Gasteiger partial charge >= 0.3 is 0 Å². The molecule has 1 fully saturated rings. The molecule has 212 valence electrons. The minimum Gasteiger partial charge on any atom is -0.475 e. The molecule has 1 amide bonds. The fraction of sp³-hybridized carbons (Fsp3) is 0.433. The highest BCUT2D eigenvalue weighted by Gasteiger charge is 2.40. The summed E-state index contributed by atoms with van der Waals surface area (Å²) in [6.07, 6.45) is 2.06. The van der Waals surface area contributed by atoms with Crippen LogP contribution in [0.5, 0.6) is 5.88 Å². The first-order chi connectivity index (χ1) is 19.1. The fourth-order valence-electron chi connectivity index (χ4n) is 5.71. The summed E-state index contributed by atoms with van der Waals surface area (Å²) in [5.41, 5.74) is 3.68. The monoisotopic (exact) mass is 564 g/mol. The number of hydrogen-bond acceptors (Lipinski definition) is 7. The van der Waals surface area contributed by atoms with Gasteiger partial charge in [-0.3, -0.25) is 4.79 Å². The van der Waals surface area contributed by atoms with E-state index in [-0.39, 0.29) is 65.3 Å². The Morgan fingerprint density at radius 2 is 1.77 bits per heavy atom. The molecular weight excluding hydrogens is 528 g/mol. The first-order valence-corrected chi connectivity index (χ1v) is 15.2. The summed E-state index contributed by atoms with van der Waals surface area (Å²) in [7, 11) is -4.11. The number of nitrogens with one attached hydrogen (secondary N) is 1. The molecule has 1 atom stereocenters. The van der Waals surface area contributed by atoms with Crippen LogP contribution in [0.1, 0.15) is 54.6 Å². The number of amides is 1. The molecule has 0 unspecified atom stereocenters. The number of carbonyl (C=O) groups excluding carboxylic acids is 1. The molecule has 2 N–H and O–H groups in total. The van der Waals surface area contributed by atoms with Crippen LogP contribution in [0.2, 0.25) is 0 Å². The Morgan fingerprint density at radius 3 is 2.45 bits per heavy atom. The first kappa shape index (κ1) is 28.0. The van der Waals surface area contributed by atoms with Crippen molar-refractivity contribution in [3.8, 4) is 17.1 Å². The predicted molar refractivity (Wildman–Crippen MR) is 153 cm³/mol. The molecule has 9 nitrogen and oxygen atoms in total. The van der Waals surface area contributed by atoms with E-state index < -0.39 is 10.0 Å². The van der Waals surface area contributed by atoms with Crippen molar-refractivity contribution in [2.45, 2.75) is 63.9 Å². The number of fused-ring (bicyclic) bond motifs is 4. The van der Waals surface area contributed by atoms with Crippen LogP contribution in [0.25, 0.3) is 11.3 Å². The summed E-state index contributed by atoms with van der Waals surface area (Å²) in [5, 5.41) is 9.65. The number of nitrogens with zero attached hydrogens (tertiary/aromatic N) is 3. The van der Waals surface area contributed by atoms with Crippen molar-refractivity contribution in [2.75, 3.05) is 17.9 Å². The van der Waals surface area contributed by atoms with E-state index in [2.05, 4.69) is 28.5 Å². The minimum absolute atomic E-state index is 0.0525. The number of carbonyl (C=O) groups is 1. The average molecular weight is 565 g/mol. The number of hydrogen-bond donors (Lipinski definition) is 2. The van der Waals surface area contributed by atoms with Gasteiger partial charge in [0.25, 0.3) is 15.9 Å². The third-order valence-corrected chi connectivity index (χ3v) is 9.04. The van der Waals surface area contributed by atoms with Gasteiger partial charge in [-0.2, -0.15) is 4.98 Å². The summed E-state index contributed by atoms with van der Waals surface area (Å²) in [5.74, 6) is 0.282. The smallest absolute Gasteiger partial charge is 0.264 e. The number of aromatic nitrogens is 2. The Bertz CT molecular complexity index is 1500. The number of sulfonamides is 1. The molecule has 1 saturated carbocycles. The van der Waals surface area contributed by atoms with Gasteiger partial charge in [0.15, 0.2) is 0 Å². The Balaban J connectivity index is 1.65. The SMILES string of the molecule is Cc1cccc(C)c1-c1cc2nc(n1)NS(=O)(=O)c1cccc(c1)C(=O)N([C@H]1C[C@@H](CO)C1)[C@H](CC(C)C)CO2. The van der Waals surface area contributed by atoms with Gasteiger partial charge in [0.2, 0.25) is 11.8 Å². The Labute approximate surface area is 235 Å². The van der Waals surface area contributed by atoms with Gasteiger partial charge in [-0.15, -0.1) is 0 Å². The number of rotatable bonds is 5. The van der Waals surface area contributed by atoms with Crippen molar-refractivity contribution in [3.63, 3.8) is 0 Å². The molecule has 1 aromatic heterocycles. The maximum Gasteiger partial charge on any atom is 0.264 e. The zero-order chi connectivity index (χ0) is 28.6. The number of aryl methyl sites for hydroxylation is 2. The van der Waals surface area contributed by atoms with Gasteiger partial charge in [-0.1, -0.05) is 38.1 Å². The lowest BCUT2D eigenvalue weighted by atomic mass is 9.78. The van der Waals surface area contributed by atoms with E-state index in [1.54, 1.807) is 18.2 Å². The molecule has 4 bridgehead atoms. The normalized spacial score (nSPS) is 22.3. The highest BCUT2D eigenvalue weighted by Crippen LogP contribution is 2.36. The van der Waals surface area contributed by atoms with Gasteiger partial charge in [0.05, 0.1) is 16.6 Å². The standard InChI is InChI=1S/C30H36N4O5S/c1-18(2)11-24-17-39-27-15-26(28-19(3)7-5-8-20(28)4)31-30(32-27)33-40(37,38)25-10-6-9-22(14-25)29(36)34(24)23-12-21(13-23)16-35/h5-10,14-15,18,21,23-24,35H,11-13,16-17H2,1-4H3,(H,31,32,33)/t21-,23+,24-/m1/s1. The summed E-state index contributed by atoms with van der Waals surface area (Å²) < 4.78 is 35.7. The molecule has 0 radical (unpaired) electrons.